The van der Waals surface area contributed by atoms with Crippen molar-refractivity contribution in [1.29, 1.82) is 0 Å². The van der Waals surface area contributed by atoms with Gasteiger partial charge in [-0.25, -0.2) is 0 Å². The maximum atomic E-state index is 12.2. The Balaban J connectivity index is 1.70. The Hall–Kier alpha value is -1.56. The van der Waals surface area contributed by atoms with Crippen LogP contribution in [0.3, 0.4) is 0 Å². The minimum Gasteiger partial charge on any atom is -0.395 e. The van der Waals surface area contributed by atoms with Gasteiger partial charge >= 0.3 is 0 Å². The van der Waals surface area contributed by atoms with E-state index >= 15 is 0 Å². The van der Waals surface area contributed by atoms with Crippen LogP contribution < -0.4 is 11.1 Å². The number of aromatic amines is 1. The van der Waals surface area contributed by atoms with E-state index < -0.39 is 0 Å². The maximum Gasteiger partial charge on any atom is 0.274 e. The van der Waals surface area contributed by atoms with Crippen LogP contribution in [0.5, 0.6) is 0 Å². The van der Waals surface area contributed by atoms with Crippen LogP contribution >= 0.6 is 0 Å². The van der Waals surface area contributed by atoms with Gasteiger partial charge in [0.15, 0.2) is 5.69 Å². The SMILES string of the molecule is COC1CCCC1NC(=O)c1n[nH]c(C2CC2)c1N. The van der Waals surface area contributed by atoms with E-state index in [1.807, 2.05) is 0 Å². The molecule has 0 aliphatic heterocycles. The fourth-order valence-electron chi connectivity index (χ4n) is 2.83. The van der Waals surface area contributed by atoms with Crippen molar-refractivity contribution in [1.82, 2.24) is 15.5 Å². The van der Waals surface area contributed by atoms with Crippen molar-refractivity contribution in [3.8, 4) is 0 Å². The number of nitrogens with two attached hydrogens (primary N) is 1. The molecule has 6 nitrogen and oxygen atoms in total. The predicted octanol–water partition coefficient (Wildman–Crippen LogP) is 1.17. The molecular formula is C13H20N4O2. The average molecular weight is 264 g/mol. The van der Waals surface area contributed by atoms with Crippen molar-refractivity contribution < 1.29 is 9.53 Å². The lowest BCUT2D eigenvalue weighted by Gasteiger charge is -2.19. The van der Waals surface area contributed by atoms with Crippen LogP contribution in [0.25, 0.3) is 0 Å². The standard InChI is InChI=1S/C13H20N4O2/c1-19-9-4-2-3-8(9)15-13(18)12-10(14)11(16-17-12)7-5-6-7/h7-9H,2-6,14H2,1H3,(H,15,18)(H,16,17). The van der Waals surface area contributed by atoms with Gasteiger partial charge in [-0.2, -0.15) is 5.10 Å². The number of nitrogens with one attached hydrogen (secondary N) is 2. The van der Waals surface area contributed by atoms with E-state index in [1.165, 1.54) is 0 Å². The molecule has 0 saturated heterocycles. The van der Waals surface area contributed by atoms with Gasteiger partial charge in [-0.3, -0.25) is 9.89 Å². The second kappa shape index (κ2) is 4.85. The minimum absolute atomic E-state index is 0.0676. The predicted molar refractivity (Wildman–Crippen MR) is 70.9 cm³/mol. The van der Waals surface area contributed by atoms with Crippen LogP contribution in [-0.2, 0) is 4.74 Å². The number of nitrogens with zero attached hydrogens (tertiary/aromatic N) is 1. The fraction of sp³-hybridized carbons (Fsp3) is 0.692. The van der Waals surface area contributed by atoms with Crippen LogP contribution in [-0.4, -0.2) is 35.4 Å². The fourth-order valence-corrected chi connectivity index (χ4v) is 2.83. The Morgan fingerprint density at radius 3 is 2.89 bits per heavy atom. The molecular weight excluding hydrogens is 244 g/mol. The van der Waals surface area contributed by atoms with E-state index in [0.717, 1.165) is 37.8 Å². The average Bonchev–Trinajstić information content (AvgIpc) is 3.02. The van der Waals surface area contributed by atoms with Gasteiger partial charge < -0.3 is 15.8 Å². The zero-order valence-electron chi connectivity index (χ0n) is 11.1. The first-order chi connectivity index (χ1) is 9.20. The lowest BCUT2D eigenvalue weighted by Crippen LogP contribution is -2.41. The summed E-state index contributed by atoms with van der Waals surface area (Å²) in [5.74, 6) is 0.266. The molecule has 1 amide bonds. The number of aromatic nitrogens is 2. The van der Waals surface area contributed by atoms with E-state index in [-0.39, 0.29) is 18.1 Å². The quantitative estimate of drug-likeness (QED) is 0.761. The number of carbonyl (C=O) groups is 1. The molecule has 2 aliphatic rings. The minimum atomic E-state index is -0.199. The van der Waals surface area contributed by atoms with Gasteiger partial charge in [0, 0.05) is 13.0 Å². The number of carbonyl (C=O) groups excluding carboxylic acids is 1. The summed E-state index contributed by atoms with van der Waals surface area (Å²) in [5, 5.41) is 9.95. The molecule has 0 aromatic carbocycles. The molecule has 2 saturated carbocycles. The normalized spacial score (nSPS) is 26.6. The van der Waals surface area contributed by atoms with Gasteiger partial charge in [-0.1, -0.05) is 0 Å². The molecule has 2 unspecified atom stereocenters. The Kier molecular flexibility index (Phi) is 3.18. The molecule has 2 atom stereocenters. The lowest BCUT2D eigenvalue weighted by molar-refractivity contribution is 0.0720. The molecule has 6 heteroatoms. The first kappa shape index (κ1) is 12.5. The van der Waals surface area contributed by atoms with Gasteiger partial charge in [0.25, 0.3) is 5.91 Å². The van der Waals surface area contributed by atoms with Crippen molar-refractivity contribution in [3.63, 3.8) is 0 Å². The van der Waals surface area contributed by atoms with Gasteiger partial charge in [-0.15, -0.1) is 0 Å². The summed E-state index contributed by atoms with van der Waals surface area (Å²) in [6.45, 7) is 0. The Morgan fingerprint density at radius 1 is 1.42 bits per heavy atom. The highest BCUT2D eigenvalue weighted by Crippen LogP contribution is 2.42. The summed E-state index contributed by atoms with van der Waals surface area (Å²) in [6, 6.07) is 0.0676. The largest absolute Gasteiger partial charge is 0.395 e. The highest BCUT2D eigenvalue weighted by molar-refractivity contribution is 5.98. The third-order valence-electron chi connectivity index (χ3n) is 4.11. The van der Waals surface area contributed by atoms with Crippen molar-refractivity contribution in [2.24, 2.45) is 0 Å². The van der Waals surface area contributed by atoms with E-state index in [0.29, 0.717) is 17.3 Å². The number of H-pyrrole nitrogens is 1. The van der Waals surface area contributed by atoms with Crippen molar-refractivity contribution >= 4 is 11.6 Å². The molecule has 2 aliphatic carbocycles. The van der Waals surface area contributed by atoms with Crippen LogP contribution in [0.2, 0.25) is 0 Å². The van der Waals surface area contributed by atoms with Crippen LogP contribution in [0.1, 0.15) is 54.2 Å². The Labute approximate surface area is 112 Å². The smallest absolute Gasteiger partial charge is 0.274 e. The topological polar surface area (TPSA) is 93.0 Å². The molecule has 3 rings (SSSR count). The first-order valence-corrected chi connectivity index (χ1v) is 6.88. The summed E-state index contributed by atoms with van der Waals surface area (Å²) >= 11 is 0. The monoisotopic (exact) mass is 264 g/mol. The third kappa shape index (κ3) is 2.32. The number of anilines is 1. The molecule has 19 heavy (non-hydrogen) atoms. The van der Waals surface area contributed by atoms with Gasteiger partial charge in [0.1, 0.15) is 0 Å². The summed E-state index contributed by atoms with van der Waals surface area (Å²) in [6.07, 6.45) is 5.37. The maximum absolute atomic E-state index is 12.2. The van der Waals surface area contributed by atoms with Gasteiger partial charge in [0.2, 0.25) is 0 Å². The van der Waals surface area contributed by atoms with Gasteiger partial charge in [0.05, 0.1) is 23.5 Å². The van der Waals surface area contributed by atoms with E-state index in [2.05, 4.69) is 15.5 Å². The number of methoxy groups -OCH3 is 1. The summed E-state index contributed by atoms with van der Waals surface area (Å²) < 4.78 is 5.37. The van der Waals surface area contributed by atoms with Crippen LogP contribution in [0.15, 0.2) is 0 Å². The van der Waals surface area contributed by atoms with Crippen LogP contribution in [0.4, 0.5) is 5.69 Å². The van der Waals surface area contributed by atoms with E-state index in [4.69, 9.17) is 10.5 Å². The molecule has 1 aromatic rings. The second-order valence-electron chi connectivity index (χ2n) is 5.46. The summed E-state index contributed by atoms with van der Waals surface area (Å²) in [7, 11) is 1.68. The highest BCUT2D eigenvalue weighted by atomic mass is 16.5. The highest BCUT2D eigenvalue weighted by Gasteiger charge is 2.33. The number of ether oxygens (including phenoxy) is 1. The summed E-state index contributed by atoms with van der Waals surface area (Å²) in [5.41, 5.74) is 7.75. The van der Waals surface area contributed by atoms with Crippen molar-refractivity contribution in [2.75, 3.05) is 12.8 Å². The zero-order valence-corrected chi connectivity index (χ0v) is 11.1. The first-order valence-electron chi connectivity index (χ1n) is 6.88. The molecule has 0 radical (unpaired) electrons. The molecule has 0 spiro atoms. The molecule has 4 N–H and O–H groups in total. The summed E-state index contributed by atoms with van der Waals surface area (Å²) in [4.78, 5) is 12.2. The Morgan fingerprint density at radius 2 is 2.21 bits per heavy atom. The zero-order chi connectivity index (χ0) is 13.4. The molecule has 104 valence electrons. The van der Waals surface area contributed by atoms with Crippen LogP contribution in [0, 0.1) is 0 Å². The molecule has 1 aromatic heterocycles. The second-order valence-corrected chi connectivity index (χ2v) is 5.46. The number of amides is 1. The Bertz CT molecular complexity index is 481. The number of rotatable bonds is 4. The number of nitrogen functional groups attached to an aromatic ring is 1. The lowest BCUT2D eigenvalue weighted by atomic mass is 10.2. The molecule has 2 fully saturated rings. The molecule has 1 heterocycles. The molecule has 0 bridgehead atoms. The van der Waals surface area contributed by atoms with E-state index in [9.17, 15) is 4.79 Å². The van der Waals surface area contributed by atoms with Gasteiger partial charge in [-0.05, 0) is 32.1 Å². The van der Waals surface area contributed by atoms with E-state index in [1.54, 1.807) is 7.11 Å². The third-order valence-corrected chi connectivity index (χ3v) is 4.11. The number of hydrogen-bond donors (Lipinski definition) is 3. The number of hydrogen-bond acceptors (Lipinski definition) is 4. The van der Waals surface area contributed by atoms with Crippen molar-refractivity contribution in [3.05, 3.63) is 11.4 Å². The van der Waals surface area contributed by atoms with Crippen molar-refractivity contribution in [2.45, 2.75) is 50.2 Å².